The summed E-state index contributed by atoms with van der Waals surface area (Å²) in [6, 6.07) is 8.90. The minimum atomic E-state index is -0.718. The van der Waals surface area contributed by atoms with Crippen LogP contribution in [0.2, 0.25) is 0 Å². The van der Waals surface area contributed by atoms with Crippen LogP contribution in [0.5, 0.6) is 11.6 Å². The van der Waals surface area contributed by atoms with E-state index in [0.29, 0.717) is 17.0 Å². The molecule has 0 saturated carbocycles. The summed E-state index contributed by atoms with van der Waals surface area (Å²) >= 11 is 0. The molecule has 0 spiro atoms. The quantitative estimate of drug-likeness (QED) is 0.635. The summed E-state index contributed by atoms with van der Waals surface area (Å²) in [4.78, 5) is 3.73. The molecule has 3 aromatic rings. The fraction of sp³-hybridized carbons (Fsp3) is 0.167. The molecule has 0 atom stereocenters. The zero-order valence-electron chi connectivity index (χ0n) is 13.8. The second-order valence-corrected chi connectivity index (χ2v) is 5.30. The van der Waals surface area contributed by atoms with E-state index in [1.165, 1.54) is 18.3 Å². The van der Waals surface area contributed by atoms with Gasteiger partial charge in [-0.3, -0.25) is 4.68 Å². The molecule has 0 bridgehead atoms. The Balaban J connectivity index is 1.61. The first-order chi connectivity index (χ1) is 12.6. The molecule has 2 aromatic heterocycles. The Bertz CT molecular complexity index is 966. The molecule has 1 aromatic carbocycles. The summed E-state index contributed by atoms with van der Waals surface area (Å²) in [5.41, 5.74) is 1.09. The van der Waals surface area contributed by atoms with Crippen molar-refractivity contribution in [1.82, 2.24) is 14.8 Å². The Hall–Kier alpha value is -3.47. The minimum Gasteiger partial charge on any atom is -0.490 e. The van der Waals surface area contributed by atoms with Crippen molar-refractivity contribution in [2.75, 3.05) is 13.2 Å². The highest BCUT2D eigenvalue weighted by Gasteiger charge is 2.11. The third kappa shape index (κ3) is 3.78. The molecule has 0 radical (unpaired) electrons. The lowest BCUT2D eigenvalue weighted by Gasteiger charge is -2.10. The molecule has 0 N–H and O–H groups in total. The van der Waals surface area contributed by atoms with Gasteiger partial charge in [-0.15, -0.1) is 0 Å². The van der Waals surface area contributed by atoms with Gasteiger partial charge in [0, 0.05) is 25.0 Å². The average Bonchev–Trinajstić information content (AvgIpc) is 3.06. The molecule has 26 heavy (non-hydrogen) atoms. The number of halogens is 2. The molecule has 0 aliphatic rings. The van der Waals surface area contributed by atoms with E-state index in [4.69, 9.17) is 14.7 Å². The van der Waals surface area contributed by atoms with Gasteiger partial charge in [-0.2, -0.15) is 10.4 Å². The topological polar surface area (TPSA) is 73.0 Å². The monoisotopic (exact) mass is 356 g/mol. The van der Waals surface area contributed by atoms with E-state index < -0.39 is 5.82 Å². The molecular formula is C18H14F2N4O2. The summed E-state index contributed by atoms with van der Waals surface area (Å²) in [7, 11) is 1.72. The molecular weight excluding hydrogens is 342 g/mol. The van der Waals surface area contributed by atoms with Gasteiger partial charge in [-0.25, -0.2) is 13.8 Å². The number of pyridine rings is 1. The maximum absolute atomic E-state index is 14.0. The van der Waals surface area contributed by atoms with Crippen molar-refractivity contribution >= 4 is 0 Å². The van der Waals surface area contributed by atoms with Gasteiger partial charge < -0.3 is 9.47 Å². The molecule has 8 heteroatoms. The highest BCUT2D eigenvalue weighted by atomic mass is 19.1. The lowest BCUT2D eigenvalue weighted by Crippen LogP contribution is -2.11. The zero-order chi connectivity index (χ0) is 18.5. The van der Waals surface area contributed by atoms with E-state index in [9.17, 15) is 8.78 Å². The van der Waals surface area contributed by atoms with Crippen LogP contribution in [0.25, 0.3) is 11.3 Å². The van der Waals surface area contributed by atoms with Gasteiger partial charge in [0.2, 0.25) is 0 Å². The van der Waals surface area contributed by atoms with Gasteiger partial charge >= 0.3 is 0 Å². The second-order valence-electron chi connectivity index (χ2n) is 5.30. The standard InChI is InChI=1S/C18H14F2N4O2/c1-24-17(4-5-23-24)14-9-13(2-3-15(14)19)25-6-7-26-18-16(20)8-12(10-21)11-22-18/h2-5,8-9,11H,6-7H2,1H3. The van der Waals surface area contributed by atoms with Gasteiger partial charge in [-0.1, -0.05) is 0 Å². The van der Waals surface area contributed by atoms with E-state index in [-0.39, 0.29) is 30.5 Å². The van der Waals surface area contributed by atoms with Crippen molar-refractivity contribution < 1.29 is 18.3 Å². The van der Waals surface area contributed by atoms with Crippen molar-refractivity contribution in [2.24, 2.45) is 7.05 Å². The number of hydrogen-bond donors (Lipinski definition) is 0. The highest BCUT2D eigenvalue weighted by Crippen LogP contribution is 2.26. The summed E-state index contributed by atoms with van der Waals surface area (Å²) in [5.74, 6) is -0.868. The summed E-state index contributed by atoms with van der Waals surface area (Å²) < 4.78 is 40.0. The first kappa shape index (κ1) is 17.4. The number of benzene rings is 1. The Morgan fingerprint density at radius 2 is 1.92 bits per heavy atom. The lowest BCUT2D eigenvalue weighted by atomic mass is 10.1. The number of hydrogen-bond acceptors (Lipinski definition) is 5. The van der Waals surface area contributed by atoms with Crippen molar-refractivity contribution in [2.45, 2.75) is 0 Å². The van der Waals surface area contributed by atoms with E-state index in [1.54, 1.807) is 36.1 Å². The van der Waals surface area contributed by atoms with Crippen LogP contribution in [0.15, 0.2) is 42.7 Å². The second kappa shape index (κ2) is 7.61. The van der Waals surface area contributed by atoms with E-state index in [0.717, 1.165) is 6.07 Å². The number of rotatable bonds is 6. The maximum Gasteiger partial charge on any atom is 0.250 e. The predicted octanol–water partition coefficient (Wildman–Crippen LogP) is 3.09. The zero-order valence-corrected chi connectivity index (χ0v) is 13.8. The van der Waals surface area contributed by atoms with Crippen LogP contribution in [0.1, 0.15) is 5.56 Å². The van der Waals surface area contributed by atoms with E-state index in [2.05, 4.69) is 10.1 Å². The molecule has 0 aliphatic heterocycles. The van der Waals surface area contributed by atoms with Gasteiger partial charge in [0.15, 0.2) is 5.82 Å². The number of nitriles is 1. The first-order valence-corrected chi connectivity index (χ1v) is 7.67. The Morgan fingerprint density at radius 1 is 1.12 bits per heavy atom. The third-order valence-corrected chi connectivity index (χ3v) is 3.56. The number of aryl methyl sites for hydroxylation is 1. The van der Waals surface area contributed by atoms with Gasteiger partial charge in [0.1, 0.15) is 30.8 Å². The number of nitrogens with zero attached hydrogens (tertiary/aromatic N) is 4. The first-order valence-electron chi connectivity index (χ1n) is 7.67. The SMILES string of the molecule is Cn1nccc1-c1cc(OCCOc2ncc(C#N)cc2F)ccc1F. The molecule has 0 aliphatic carbocycles. The van der Waals surface area contributed by atoms with Crippen LogP contribution >= 0.6 is 0 Å². The Kier molecular flexibility index (Phi) is 5.08. The molecule has 0 unspecified atom stereocenters. The minimum absolute atomic E-state index is 0.0360. The van der Waals surface area contributed by atoms with Crippen molar-refractivity contribution in [3.05, 3.63) is 59.9 Å². The smallest absolute Gasteiger partial charge is 0.250 e. The molecule has 0 amide bonds. The number of aromatic nitrogens is 3. The van der Waals surface area contributed by atoms with Gasteiger partial charge in [0.25, 0.3) is 5.88 Å². The molecule has 132 valence electrons. The van der Waals surface area contributed by atoms with Crippen molar-refractivity contribution in [1.29, 1.82) is 5.26 Å². The summed E-state index contributed by atoms with van der Waals surface area (Å²) in [5, 5.41) is 12.7. The van der Waals surface area contributed by atoms with Crippen LogP contribution in [0.4, 0.5) is 8.78 Å². The largest absolute Gasteiger partial charge is 0.490 e. The van der Waals surface area contributed by atoms with Crippen LogP contribution in [0.3, 0.4) is 0 Å². The fourth-order valence-electron chi connectivity index (χ4n) is 2.32. The fourth-order valence-corrected chi connectivity index (χ4v) is 2.32. The van der Waals surface area contributed by atoms with E-state index >= 15 is 0 Å². The molecule has 3 rings (SSSR count). The molecule has 0 saturated heterocycles. The maximum atomic E-state index is 14.0. The Labute approximate surface area is 148 Å². The number of ether oxygens (including phenoxy) is 2. The molecule has 2 heterocycles. The van der Waals surface area contributed by atoms with Crippen molar-refractivity contribution in [3.63, 3.8) is 0 Å². The summed E-state index contributed by atoms with van der Waals surface area (Å²) in [6.45, 7) is 0.145. The lowest BCUT2D eigenvalue weighted by molar-refractivity contribution is 0.205. The highest BCUT2D eigenvalue weighted by molar-refractivity contribution is 5.62. The van der Waals surface area contributed by atoms with Crippen LogP contribution < -0.4 is 9.47 Å². The predicted molar refractivity (Wildman–Crippen MR) is 88.5 cm³/mol. The van der Waals surface area contributed by atoms with Gasteiger partial charge in [0.05, 0.1) is 11.3 Å². The van der Waals surface area contributed by atoms with Crippen LogP contribution in [-0.2, 0) is 7.05 Å². The van der Waals surface area contributed by atoms with Crippen LogP contribution in [0, 0.1) is 23.0 Å². The van der Waals surface area contributed by atoms with Crippen molar-refractivity contribution in [3.8, 4) is 29.0 Å². The normalized spacial score (nSPS) is 10.4. The Morgan fingerprint density at radius 3 is 2.62 bits per heavy atom. The van der Waals surface area contributed by atoms with Crippen LogP contribution in [-0.4, -0.2) is 28.0 Å². The average molecular weight is 356 g/mol. The van der Waals surface area contributed by atoms with E-state index in [1.807, 2.05) is 0 Å². The molecule has 0 fully saturated rings. The summed E-state index contributed by atoms with van der Waals surface area (Å²) in [6.07, 6.45) is 2.80. The van der Waals surface area contributed by atoms with Gasteiger partial charge in [-0.05, 0) is 30.3 Å². The molecule has 6 nitrogen and oxygen atoms in total. The third-order valence-electron chi connectivity index (χ3n) is 3.56.